The molecule has 0 heterocycles. The van der Waals surface area contributed by atoms with E-state index in [0.717, 1.165) is 4.47 Å². The van der Waals surface area contributed by atoms with Crippen molar-refractivity contribution < 1.29 is 4.79 Å². The zero-order valence-corrected chi connectivity index (χ0v) is 11.2. The van der Waals surface area contributed by atoms with Crippen molar-refractivity contribution >= 4 is 33.6 Å². The minimum Gasteiger partial charge on any atom is -0.351 e. The van der Waals surface area contributed by atoms with E-state index in [4.69, 9.17) is 0 Å². The summed E-state index contributed by atoms with van der Waals surface area (Å²) in [4.78, 5) is 11.7. The molecule has 0 aliphatic rings. The number of nitrogens with one attached hydrogen (secondary N) is 1. The molecule has 0 saturated heterocycles. The molecule has 0 aliphatic carbocycles. The van der Waals surface area contributed by atoms with E-state index < -0.39 is 0 Å². The molecule has 0 spiro atoms. The molecule has 15 heavy (non-hydrogen) atoms. The summed E-state index contributed by atoms with van der Waals surface area (Å²) in [6.07, 6.45) is 2.04. The topological polar surface area (TPSA) is 29.1 Å². The predicted molar refractivity (Wildman–Crippen MR) is 69.5 cm³/mol. The molecule has 0 aromatic heterocycles. The highest BCUT2D eigenvalue weighted by atomic mass is 79.9. The Hall–Kier alpha value is -0.480. The lowest BCUT2D eigenvalue weighted by atomic mass is 10.2. The predicted octanol–water partition coefficient (Wildman–Crippen LogP) is 2.93. The molecule has 1 aromatic rings. The van der Waals surface area contributed by atoms with E-state index in [2.05, 4.69) is 28.2 Å². The van der Waals surface area contributed by atoms with Gasteiger partial charge in [-0.3, -0.25) is 4.79 Å². The fraction of sp³-hybridized carbons (Fsp3) is 0.364. The Morgan fingerprint density at radius 1 is 1.53 bits per heavy atom. The molecular weight excluding hydrogens is 274 g/mol. The second kappa shape index (κ2) is 6.18. The van der Waals surface area contributed by atoms with E-state index in [9.17, 15) is 4.79 Å². The van der Waals surface area contributed by atoms with Crippen LogP contribution < -0.4 is 5.32 Å². The summed E-state index contributed by atoms with van der Waals surface area (Å²) in [6, 6.07) is 7.43. The number of carbonyl (C=O) groups is 1. The van der Waals surface area contributed by atoms with Crippen LogP contribution in [-0.4, -0.2) is 24.0 Å². The Morgan fingerprint density at radius 2 is 2.20 bits per heavy atom. The third-order valence-electron chi connectivity index (χ3n) is 2.07. The first kappa shape index (κ1) is 12.6. The largest absolute Gasteiger partial charge is 0.351 e. The van der Waals surface area contributed by atoms with Crippen molar-refractivity contribution in [2.24, 2.45) is 0 Å². The van der Waals surface area contributed by atoms with Crippen LogP contribution in [0.2, 0.25) is 0 Å². The maximum Gasteiger partial charge on any atom is 0.252 e. The highest BCUT2D eigenvalue weighted by Crippen LogP contribution is 2.15. The van der Waals surface area contributed by atoms with Gasteiger partial charge >= 0.3 is 0 Å². The maximum absolute atomic E-state index is 11.7. The van der Waals surface area contributed by atoms with Gasteiger partial charge in [0.15, 0.2) is 0 Å². The summed E-state index contributed by atoms with van der Waals surface area (Å²) >= 11 is 5.09. The van der Waals surface area contributed by atoms with Crippen molar-refractivity contribution in [2.45, 2.75) is 12.2 Å². The minimum atomic E-state index is -0.0247. The van der Waals surface area contributed by atoms with Gasteiger partial charge in [-0.2, -0.15) is 11.8 Å². The Bertz CT molecular complexity index is 343. The first-order valence-electron chi connectivity index (χ1n) is 4.70. The van der Waals surface area contributed by atoms with Gasteiger partial charge in [0.05, 0.1) is 5.56 Å². The second-order valence-corrected chi connectivity index (χ2v) is 5.37. The Kier molecular flexibility index (Phi) is 5.19. The molecule has 0 bridgehead atoms. The molecule has 2 nitrogen and oxygen atoms in total. The molecule has 1 N–H and O–H groups in total. The van der Waals surface area contributed by atoms with Gasteiger partial charge in [0.2, 0.25) is 0 Å². The lowest BCUT2D eigenvalue weighted by Gasteiger charge is -2.10. The SMILES string of the molecule is CSC(C)CNC(=O)c1ccccc1Br. The number of rotatable bonds is 4. The third kappa shape index (κ3) is 3.87. The van der Waals surface area contributed by atoms with E-state index in [1.165, 1.54) is 0 Å². The maximum atomic E-state index is 11.7. The summed E-state index contributed by atoms with van der Waals surface area (Å²) in [5, 5.41) is 3.34. The fourth-order valence-corrected chi connectivity index (χ4v) is 1.78. The summed E-state index contributed by atoms with van der Waals surface area (Å²) < 4.78 is 0.833. The number of halogens is 1. The van der Waals surface area contributed by atoms with Crippen LogP contribution >= 0.6 is 27.7 Å². The lowest BCUT2D eigenvalue weighted by Crippen LogP contribution is -2.29. The van der Waals surface area contributed by atoms with Crippen molar-refractivity contribution in [1.29, 1.82) is 0 Å². The molecule has 1 aromatic carbocycles. The number of thioether (sulfide) groups is 1. The van der Waals surface area contributed by atoms with Crippen molar-refractivity contribution in [3.63, 3.8) is 0 Å². The van der Waals surface area contributed by atoms with Gasteiger partial charge in [0.1, 0.15) is 0 Å². The number of benzene rings is 1. The summed E-state index contributed by atoms with van der Waals surface area (Å²) in [7, 11) is 0. The zero-order valence-electron chi connectivity index (χ0n) is 8.79. The molecule has 1 rings (SSSR count). The van der Waals surface area contributed by atoms with Crippen LogP contribution in [0, 0.1) is 0 Å². The van der Waals surface area contributed by atoms with Gasteiger partial charge in [0, 0.05) is 16.3 Å². The first-order chi connectivity index (χ1) is 7.15. The fourth-order valence-electron chi connectivity index (χ4n) is 1.06. The van der Waals surface area contributed by atoms with Gasteiger partial charge in [-0.1, -0.05) is 19.1 Å². The highest BCUT2D eigenvalue weighted by molar-refractivity contribution is 9.10. The average Bonchev–Trinajstić information content (AvgIpc) is 2.26. The molecule has 0 saturated carbocycles. The average molecular weight is 288 g/mol. The third-order valence-corrected chi connectivity index (χ3v) is 3.73. The zero-order chi connectivity index (χ0) is 11.3. The first-order valence-corrected chi connectivity index (χ1v) is 6.78. The minimum absolute atomic E-state index is 0.0247. The number of hydrogen-bond acceptors (Lipinski definition) is 2. The van der Waals surface area contributed by atoms with Crippen molar-refractivity contribution in [1.82, 2.24) is 5.32 Å². The second-order valence-electron chi connectivity index (χ2n) is 3.24. The van der Waals surface area contributed by atoms with Gasteiger partial charge in [-0.05, 0) is 34.3 Å². The Morgan fingerprint density at radius 3 is 2.80 bits per heavy atom. The number of hydrogen-bond donors (Lipinski definition) is 1. The van der Waals surface area contributed by atoms with E-state index in [-0.39, 0.29) is 5.91 Å². The van der Waals surface area contributed by atoms with Gasteiger partial charge in [-0.25, -0.2) is 0 Å². The van der Waals surface area contributed by atoms with E-state index >= 15 is 0 Å². The summed E-state index contributed by atoms with van der Waals surface area (Å²) in [6.45, 7) is 2.78. The molecule has 0 fully saturated rings. The van der Waals surface area contributed by atoms with Gasteiger partial charge in [-0.15, -0.1) is 0 Å². The number of carbonyl (C=O) groups excluding carboxylic acids is 1. The smallest absolute Gasteiger partial charge is 0.252 e. The number of amides is 1. The van der Waals surface area contributed by atoms with Gasteiger partial charge < -0.3 is 5.32 Å². The van der Waals surface area contributed by atoms with Crippen LogP contribution in [0.15, 0.2) is 28.7 Å². The molecule has 1 unspecified atom stereocenters. The van der Waals surface area contributed by atoms with Crippen molar-refractivity contribution in [2.75, 3.05) is 12.8 Å². The van der Waals surface area contributed by atoms with E-state index in [0.29, 0.717) is 17.4 Å². The van der Waals surface area contributed by atoms with Crippen LogP contribution in [0.4, 0.5) is 0 Å². The molecule has 82 valence electrons. The van der Waals surface area contributed by atoms with Crippen LogP contribution in [0.3, 0.4) is 0 Å². The van der Waals surface area contributed by atoms with Gasteiger partial charge in [0.25, 0.3) is 5.91 Å². The van der Waals surface area contributed by atoms with E-state index in [1.54, 1.807) is 11.8 Å². The highest BCUT2D eigenvalue weighted by Gasteiger charge is 2.09. The molecule has 4 heteroatoms. The summed E-state index contributed by atoms with van der Waals surface area (Å²) in [5.41, 5.74) is 0.686. The van der Waals surface area contributed by atoms with Crippen molar-refractivity contribution in [3.05, 3.63) is 34.3 Å². The molecule has 1 atom stereocenters. The molecular formula is C11H14BrNOS. The van der Waals surface area contributed by atoms with Crippen molar-refractivity contribution in [3.8, 4) is 0 Å². The quantitative estimate of drug-likeness (QED) is 0.923. The molecule has 0 aliphatic heterocycles. The van der Waals surface area contributed by atoms with Crippen LogP contribution in [0.25, 0.3) is 0 Å². The van der Waals surface area contributed by atoms with Crippen LogP contribution in [0.1, 0.15) is 17.3 Å². The standard InChI is InChI=1S/C11H14BrNOS/c1-8(15-2)7-13-11(14)9-5-3-4-6-10(9)12/h3-6,8H,7H2,1-2H3,(H,13,14). The Labute approximate surface area is 103 Å². The Balaban J connectivity index is 2.58. The van der Waals surface area contributed by atoms with E-state index in [1.807, 2.05) is 30.5 Å². The lowest BCUT2D eigenvalue weighted by molar-refractivity contribution is 0.0953. The monoisotopic (exact) mass is 287 g/mol. The summed E-state index contributed by atoms with van der Waals surface area (Å²) in [5.74, 6) is -0.0247. The normalized spacial score (nSPS) is 12.2. The van der Waals surface area contributed by atoms with Crippen LogP contribution in [0.5, 0.6) is 0 Å². The van der Waals surface area contributed by atoms with Crippen LogP contribution in [-0.2, 0) is 0 Å². The molecule has 1 amide bonds. The molecule has 0 radical (unpaired) electrons.